The summed E-state index contributed by atoms with van der Waals surface area (Å²) < 4.78 is 0. The number of nitrogens with one attached hydrogen (secondary N) is 1. The van der Waals surface area contributed by atoms with Gasteiger partial charge in [0, 0.05) is 11.6 Å². The molecule has 3 N–H and O–H groups in total. The summed E-state index contributed by atoms with van der Waals surface area (Å²) in [6.45, 7) is 10.8. The smallest absolute Gasteiger partial charge is 0.0495 e. The van der Waals surface area contributed by atoms with Crippen molar-refractivity contribution in [2.75, 3.05) is 7.05 Å². The molecule has 17 heavy (non-hydrogen) atoms. The van der Waals surface area contributed by atoms with Crippen molar-refractivity contribution in [1.82, 2.24) is 5.32 Å². The molecule has 0 fully saturated rings. The summed E-state index contributed by atoms with van der Waals surface area (Å²) in [5.74, 6) is 0. The number of nitrogens with two attached hydrogens (primary N) is 1. The molecule has 1 atom stereocenters. The fourth-order valence-corrected chi connectivity index (χ4v) is 2.14. The van der Waals surface area contributed by atoms with E-state index in [-0.39, 0.29) is 17.0 Å². The van der Waals surface area contributed by atoms with E-state index in [2.05, 4.69) is 50.4 Å². The van der Waals surface area contributed by atoms with Crippen molar-refractivity contribution >= 4 is 0 Å². The molecule has 0 radical (unpaired) electrons. The Morgan fingerprint density at radius 1 is 1.00 bits per heavy atom. The molecule has 0 spiro atoms. The minimum atomic E-state index is -0.266. The van der Waals surface area contributed by atoms with Gasteiger partial charge in [0.05, 0.1) is 0 Å². The number of hydrogen-bond acceptors (Lipinski definition) is 2. The second kappa shape index (κ2) is 4.79. The Morgan fingerprint density at radius 2 is 1.47 bits per heavy atom. The van der Waals surface area contributed by atoms with Crippen molar-refractivity contribution in [3.8, 4) is 0 Å². The van der Waals surface area contributed by atoms with Gasteiger partial charge in [-0.3, -0.25) is 0 Å². The second-order valence-corrected chi connectivity index (χ2v) is 6.42. The molecule has 1 aromatic carbocycles. The molecule has 1 unspecified atom stereocenters. The van der Waals surface area contributed by atoms with E-state index in [9.17, 15) is 0 Å². The van der Waals surface area contributed by atoms with E-state index >= 15 is 0 Å². The van der Waals surface area contributed by atoms with Crippen molar-refractivity contribution in [2.45, 2.75) is 51.6 Å². The Hall–Kier alpha value is -0.860. The Bertz CT molecular complexity index is 352. The van der Waals surface area contributed by atoms with Gasteiger partial charge in [-0.2, -0.15) is 0 Å². The van der Waals surface area contributed by atoms with Crippen molar-refractivity contribution in [1.29, 1.82) is 0 Å². The van der Waals surface area contributed by atoms with Gasteiger partial charge in [-0.1, -0.05) is 45.0 Å². The van der Waals surface area contributed by atoms with Crippen LogP contribution in [0.5, 0.6) is 0 Å². The lowest BCUT2D eigenvalue weighted by Crippen LogP contribution is -2.45. The summed E-state index contributed by atoms with van der Waals surface area (Å²) in [6.07, 6.45) is 0. The lowest BCUT2D eigenvalue weighted by molar-refractivity contribution is 0.370. The first-order chi connectivity index (χ1) is 7.66. The standard InChI is InChI=1S/C15H26N2/c1-14(2,3)12-9-7-11(8-10-12)13(17-6)15(4,5)16/h7-10,13,17H,16H2,1-6H3. The number of hydrogen-bond donors (Lipinski definition) is 2. The maximum Gasteiger partial charge on any atom is 0.0495 e. The average Bonchev–Trinajstić information content (AvgIpc) is 2.16. The molecular weight excluding hydrogens is 208 g/mol. The molecular formula is C15H26N2. The van der Waals surface area contributed by atoms with Crippen LogP contribution < -0.4 is 11.1 Å². The monoisotopic (exact) mass is 234 g/mol. The topological polar surface area (TPSA) is 38.0 Å². The molecule has 0 saturated heterocycles. The normalized spacial score (nSPS) is 14.8. The van der Waals surface area contributed by atoms with E-state index in [1.807, 2.05) is 20.9 Å². The molecule has 0 heterocycles. The minimum absolute atomic E-state index is 0.177. The number of rotatable bonds is 3. The van der Waals surface area contributed by atoms with Crippen LogP contribution >= 0.6 is 0 Å². The van der Waals surface area contributed by atoms with Gasteiger partial charge < -0.3 is 11.1 Å². The van der Waals surface area contributed by atoms with Crippen LogP contribution in [0.3, 0.4) is 0 Å². The maximum atomic E-state index is 6.18. The summed E-state index contributed by atoms with van der Waals surface area (Å²) in [5, 5.41) is 3.29. The molecule has 0 saturated carbocycles. The SMILES string of the molecule is CNC(c1ccc(C(C)(C)C)cc1)C(C)(C)N. The maximum absolute atomic E-state index is 6.18. The highest BCUT2D eigenvalue weighted by Gasteiger charge is 2.25. The van der Waals surface area contributed by atoms with Gasteiger partial charge in [0.2, 0.25) is 0 Å². The number of likely N-dealkylation sites (N-methyl/N-ethyl adjacent to an activating group) is 1. The fourth-order valence-electron chi connectivity index (χ4n) is 2.14. The van der Waals surface area contributed by atoms with Crippen LogP contribution in [0.15, 0.2) is 24.3 Å². The van der Waals surface area contributed by atoms with Crippen molar-refractivity contribution in [3.63, 3.8) is 0 Å². The number of benzene rings is 1. The molecule has 0 aromatic heterocycles. The summed E-state index contributed by atoms with van der Waals surface area (Å²) in [7, 11) is 1.96. The third-order valence-electron chi connectivity index (χ3n) is 3.14. The Labute approximate surface area is 106 Å². The van der Waals surface area contributed by atoms with Gasteiger partial charge in [-0.15, -0.1) is 0 Å². The highest BCUT2D eigenvalue weighted by atomic mass is 14.9. The predicted octanol–water partition coefficient (Wildman–Crippen LogP) is 2.98. The van der Waals surface area contributed by atoms with Crippen LogP contribution in [0, 0.1) is 0 Å². The Kier molecular flexibility index (Phi) is 4.00. The second-order valence-electron chi connectivity index (χ2n) is 6.42. The molecule has 1 aromatic rings. The van der Waals surface area contributed by atoms with Crippen LogP contribution in [-0.4, -0.2) is 12.6 Å². The first kappa shape index (κ1) is 14.2. The van der Waals surface area contributed by atoms with Crippen molar-refractivity contribution in [2.24, 2.45) is 5.73 Å². The molecule has 0 bridgehead atoms. The van der Waals surface area contributed by atoms with E-state index in [1.54, 1.807) is 0 Å². The van der Waals surface area contributed by atoms with E-state index < -0.39 is 0 Å². The van der Waals surface area contributed by atoms with Gasteiger partial charge in [0.25, 0.3) is 0 Å². The van der Waals surface area contributed by atoms with E-state index in [4.69, 9.17) is 5.73 Å². The van der Waals surface area contributed by atoms with Crippen LogP contribution in [0.4, 0.5) is 0 Å². The first-order valence-electron chi connectivity index (χ1n) is 6.23. The minimum Gasteiger partial charge on any atom is -0.324 e. The molecule has 96 valence electrons. The molecule has 2 nitrogen and oxygen atoms in total. The van der Waals surface area contributed by atoms with Crippen LogP contribution in [0.1, 0.15) is 51.8 Å². The lowest BCUT2D eigenvalue weighted by atomic mass is 9.84. The van der Waals surface area contributed by atoms with Gasteiger partial charge in [-0.05, 0) is 37.4 Å². The Balaban J connectivity index is 3.02. The summed E-state index contributed by atoms with van der Waals surface area (Å²) in [4.78, 5) is 0. The van der Waals surface area contributed by atoms with Crippen LogP contribution in [0.25, 0.3) is 0 Å². The summed E-state index contributed by atoms with van der Waals surface area (Å²) in [6, 6.07) is 8.93. The van der Waals surface area contributed by atoms with Crippen LogP contribution in [0.2, 0.25) is 0 Å². The lowest BCUT2D eigenvalue weighted by Gasteiger charge is -2.31. The fraction of sp³-hybridized carbons (Fsp3) is 0.600. The van der Waals surface area contributed by atoms with E-state index in [0.29, 0.717) is 0 Å². The summed E-state index contributed by atoms with van der Waals surface area (Å²) >= 11 is 0. The largest absolute Gasteiger partial charge is 0.324 e. The quantitative estimate of drug-likeness (QED) is 0.844. The molecule has 0 aliphatic carbocycles. The van der Waals surface area contributed by atoms with Gasteiger partial charge in [-0.25, -0.2) is 0 Å². The van der Waals surface area contributed by atoms with Gasteiger partial charge in [0.1, 0.15) is 0 Å². The molecule has 2 heteroatoms. The Morgan fingerprint density at radius 3 is 1.76 bits per heavy atom. The van der Waals surface area contributed by atoms with Crippen LogP contribution in [-0.2, 0) is 5.41 Å². The third kappa shape index (κ3) is 3.55. The zero-order valence-electron chi connectivity index (χ0n) is 12.0. The van der Waals surface area contributed by atoms with Crippen molar-refractivity contribution < 1.29 is 0 Å². The highest BCUT2D eigenvalue weighted by molar-refractivity contribution is 5.30. The van der Waals surface area contributed by atoms with Gasteiger partial charge in [0.15, 0.2) is 0 Å². The third-order valence-corrected chi connectivity index (χ3v) is 3.14. The van der Waals surface area contributed by atoms with E-state index in [0.717, 1.165) is 0 Å². The predicted molar refractivity (Wildman–Crippen MR) is 75.2 cm³/mol. The molecule has 0 aliphatic heterocycles. The average molecular weight is 234 g/mol. The first-order valence-corrected chi connectivity index (χ1v) is 6.23. The summed E-state index contributed by atoms with van der Waals surface area (Å²) in [5.41, 5.74) is 8.71. The molecule has 0 aliphatic rings. The zero-order chi connectivity index (χ0) is 13.3. The molecule has 1 rings (SSSR count). The zero-order valence-corrected chi connectivity index (χ0v) is 12.0. The van der Waals surface area contributed by atoms with Crippen molar-refractivity contribution in [3.05, 3.63) is 35.4 Å². The van der Waals surface area contributed by atoms with Gasteiger partial charge >= 0.3 is 0 Å². The van der Waals surface area contributed by atoms with E-state index in [1.165, 1.54) is 11.1 Å². The highest BCUT2D eigenvalue weighted by Crippen LogP contribution is 2.27. The molecule has 0 amide bonds.